The van der Waals surface area contributed by atoms with Crippen LogP contribution in [0.25, 0.3) is 0 Å². The monoisotopic (exact) mass is 373 g/mol. The number of nitrogens with one attached hydrogen (secondary N) is 1. The molecular formula is C16H24BrNO4. The van der Waals surface area contributed by atoms with E-state index in [1.807, 2.05) is 39.0 Å². The minimum absolute atomic E-state index is 0.0362. The molecule has 0 saturated heterocycles. The number of benzene rings is 1. The molecule has 2 N–H and O–H groups in total. The van der Waals surface area contributed by atoms with E-state index in [-0.39, 0.29) is 12.5 Å². The fraction of sp³-hybridized carbons (Fsp3) is 0.562. The van der Waals surface area contributed by atoms with Crippen molar-refractivity contribution in [3.8, 4) is 5.75 Å². The number of hydrogen-bond donors (Lipinski definition) is 2. The summed E-state index contributed by atoms with van der Waals surface area (Å²) >= 11 is 3.42. The number of aliphatic hydroxyl groups is 1. The molecule has 0 bridgehead atoms. The van der Waals surface area contributed by atoms with E-state index in [0.29, 0.717) is 13.0 Å². The largest absolute Gasteiger partial charge is 0.496 e. The van der Waals surface area contributed by atoms with Gasteiger partial charge in [0.1, 0.15) is 11.4 Å². The van der Waals surface area contributed by atoms with Gasteiger partial charge >= 0.3 is 6.09 Å². The van der Waals surface area contributed by atoms with Crippen LogP contribution in [0.2, 0.25) is 0 Å². The first-order chi connectivity index (χ1) is 10.2. The van der Waals surface area contributed by atoms with Gasteiger partial charge in [0.25, 0.3) is 0 Å². The van der Waals surface area contributed by atoms with Crippen LogP contribution in [0, 0.1) is 5.92 Å². The Morgan fingerprint density at radius 2 is 2.09 bits per heavy atom. The Morgan fingerprint density at radius 1 is 1.41 bits per heavy atom. The molecule has 1 amide bonds. The molecule has 0 aromatic heterocycles. The van der Waals surface area contributed by atoms with Crippen molar-refractivity contribution in [2.24, 2.45) is 5.92 Å². The summed E-state index contributed by atoms with van der Waals surface area (Å²) in [6.07, 6.45) is 0.113. The smallest absolute Gasteiger partial charge is 0.407 e. The van der Waals surface area contributed by atoms with Crippen LogP contribution in [0.5, 0.6) is 5.75 Å². The zero-order valence-corrected chi connectivity index (χ0v) is 15.1. The zero-order chi connectivity index (χ0) is 16.8. The predicted molar refractivity (Wildman–Crippen MR) is 89.2 cm³/mol. The van der Waals surface area contributed by atoms with Gasteiger partial charge < -0.3 is 19.9 Å². The first kappa shape index (κ1) is 18.8. The average Bonchev–Trinajstić information content (AvgIpc) is 2.41. The van der Waals surface area contributed by atoms with E-state index in [4.69, 9.17) is 9.47 Å². The van der Waals surface area contributed by atoms with Crippen LogP contribution in [0.3, 0.4) is 0 Å². The van der Waals surface area contributed by atoms with Crippen LogP contribution in [0.4, 0.5) is 4.79 Å². The van der Waals surface area contributed by atoms with Crippen molar-refractivity contribution in [2.75, 3.05) is 20.3 Å². The van der Waals surface area contributed by atoms with Crippen LogP contribution < -0.4 is 10.1 Å². The molecule has 22 heavy (non-hydrogen) atoms. The molecule has 5 nitrogen and oxygen atoms in total. The number of halogens is 1. The lowest BCUT2D eigenvalue weighted by molar-refractivity contribution is 0.0512. The summed E-state index contributed by atoms with van der Waals surface area (Å²) in [6.45, 7) is 5.72. The highest BCUT2D eigenvalue weighted by Crippen LogP contribution is 2.25. The lowest BCUT2D eigenvalue weighted by atomic mass is 9.99. The number of ether oxygens (including phenoxy) is 2. The number of amides is 1. The maximum atomic E-state index is 11.7. The van der Waals surface area contributed by atoms with Crippen molar-refractivity contribution in [3.05, 3.63) is 28.2 Å². The van der Waals surface area contributed by atoms with Gasteiger partial charge in [-0.05, 0) is 51.0 Å². The van der Waals surface area contributed by atoms with Gasteiger partial charge in [0.15, 0.2) is 0 Å². The third kappa shape index (κ3) is 6.66. The van der Waals surface area contributed by atoms with Crippen LogP contribution in [-0.4, -0.2) is 37.1 Å². The van der Waals surface area contributed by atoms with Gasteiger partial charge in [0.2, 0.25) is 0 Å². The summed E-state index contributed by atoms with van der Waals surface area (Å²) in [4.78, 5) is 11.7. The molecule has 6 heteroatoms. The lowest BCUT2D eigenvalue weighted by Gasteiger charge is -2.21. The zero-order valence-electron chi connectivity index (χ0n) is 13.5. The molecule has 1 atom stereocenters. The summed E-state index contributed by atoms with van der Waals surface area (Å²) < 4.78 is 11.5. The van der Waals surface area contributed by atoms with E-state index in [9.17, 15) is 9.90 Å². The van der Waals surface area contributed by atoms with E-state index in [1.54, 1.807) is 7.11 Å². The number of carbonyl (C=O) groups is 1. The quantitative estimate of drug-likeness (QED) is 0.803. The molecule has 0 spiro atoms. The summed E-state index contributed by atoms with van der Waals surface area (Å²) in [5.41, 5.74) is 0.439. The van der Waals surface area contributed by atoms with Gasteiger partial charge in [-0.25, -0.2) is 4.79 Å². The molecule has 0 heterocycles. The van der Waals surface area contributed by atoms with Crippen molar-refractivity contribution in [3.63, 3.8) is 0 Å². The van der Waals surface area contributed by atoms with E-state index in [0.717, 1.165) is 15.8 Å². The molecule has 0 unspecified atom stereocenters. The molecule has 1 aromatic rings. The average molecular weight is 374 g/mol. The maximum Gasteiger partial charge on any atom is 0.407 e. The molecule has 1 rings (SSSR count). The normalized spacial score (nSPS) is 12.6. The maximum absolute atomic E-state index is 11.7. The van der Waals surface area contributed by atoms with Crippen LogP contribution in [-0.2, 0) is 11.2 Å². The van der Waals surface area contributed by atoms with Gasteiger partial charge in [-0.3, -0.25) is 0 Å². The number of rotatable bonds is 6. The van der Waals surface area contributed by atoms with Gasteiger partial charge in [0, 0.05) is 23.5 Å². The van der Waals surface area contributed by atoms with Crippen molar-refractivity contribution < 1.29 is 19.4 Å². The van der Waals surface area contributed by atoms with Crippen molar-refractivity contribution in [1.82, 2.24) is 5.32 Å². The standard InChI is InChI=1S/C16H24BrNO4/c1-16(2,3)22-15(20)18-9-11(10-19)7-12-8-13(17)5-6-14(12)21-4/h5-6,8,11,19H,7,9-10H2,1-4H3,(H,18,20)/t11-/m0/s1. The van der Waals surface area contributed by atoms with Gasteiger partial charge in [-0.2, -0.15) is 0 Å². The van der Waals surface area contributed by atoms with Crippen LogP contribution in [0.1, 0.15) is 26.3 Å². The van der Waals surface area contributed by atoms with Gasteiger partial charge in [-0.1, -0.05) is 15.9 Å². The molecule has 124 valence electrons. The third-order valence-electron chi connectivity index (χ3n) is 2.94. The lowest BCUT2D eigenvalue weighted by Crippen LogP contribution is -2.36. The molecular weight excluding hydrogens is 350 g/mol. The van der Waals surface area contributed by atoms with E-state index >= 15 is 0 Å². The second-order valence-electron chi connectivity index (χ2n) is 6.09. The minimum Gasteiger partial charge on any atom is -0.496 e. The molecule has 0 fully saturated rings. The number of aliphatic hydroxyl groups excluding tert-OH is 1. The second kappa shape index (κ2) is 8.39. The SMILES string of the molecule is COc1ccc(Br)cc1C[C@H](CO)CNC(=O)OC(C)(C)C. The van der Waals surface area contributed by atoms with Crippen LogP contribution in [0.15, 0.2) is 22.7 Å². The van der Waals surface area contributed by atoms with Gasteiger partial charge in [0.05, 0.1) is 7.11 Å². The highest BCUT2D eigenvalue weighted by atomic mass is 79.9. The van der Waals surface area contributed by atoms with Crippen molar-refractivity contribution in [2.45, 2.75) is 32.8 Å². The molecule has 0 aliphatic carbocycles. The summed E-state index contributed by atoms with van der Waals surface area (Å²) in [5, 5.41) is 12.2. The Hall–Kier alpha value is -1.27. The third-order valence-corrected chi connectivity index (χ3v) is 3.44. The molecule has 0 aliphatic heterocycles. The second-order valence-corrected chi connectivity index (χ2v) is 7.01. The Balaban J connectivity index is 2.62. The predicted octanol–water partition coefficient (Wildman–Crippen LogP) is 3.13. The molecule has 0 aliphatic rings. The topological polar surface area (TPSA) is 67.8 Å². The fourth-order valence-electron chi connectivity index (χ4n) is 1.96. The van der Waals surface area contributed by atoms with Gasteiger partial charge in [-0.15, -0.1) is 0 Å². The number of alkyl carbamates (subject to hydrolysis) is 1. The fourth-order valence-corrected chi connectivity index (χ4v) is 2.37. The van der Waals surface area contributed by atoms with E-state index in [1.165, 1.54) is 0 Å². The highest BCUT2D eigenvalue weighted by Gasteiger charge is 2.18. The van der Waals surface area contributed by atoms with Crippen molar-refractivity contribution in [1.29, 1.82) is 0 Å². The first-order valence-corrected chi connectivity index (χ1v) is 7.94. The molecule has 0 radical (unpaired) electrons. The molecule has 0 saturated carbocycles. The Bertz CT molecular complexity index is 499. The van der Waals surface area contributed by atoms with Crippen molar-refractivity contribution >= 4 is 22.0 Å². The van der Waals surface area contributed by atoms with Crippen LogP contribution >= 0.6 is 15.9 Å². The Morgan fingerprint density at radius 3 is 2.64 bits per heavy atom. The number of hydrogen-bond acceptors (Lipinski definition) is 4. The number of carbonyl (C=O) groups excluding carboxylic acids is 1. The Kier molecular flexibility index (Phi) is 7.16. The summed E-state index contributed by atoms with van der Waals surface area (Å²) in [7, 11) is 1.61. The van der Waals surface area contributed by atoms with E-state index in [2.05, 4.69) is 21.2 Å². The molecule has 1 aromatic carbocycles. The first-order valence-electron chi connectivity index (χ1n) is 7.15. The summed E-state index contributed by atoms with van der Waals surface area (Å²) in [6, 6.07) is 5.72. The van der Waals surface area contributed by atoms with E-state index < -0.39 is 11.7 Å². The Labute approximate surface area is 140 Å². The summed E-state index contributed by atoms with van der Waals surface area (Å²) in [5.74, 6) is 0.648. The minimum atomic E-state index is -0.535. The highest BCUT2D eigenvalue weighted by molar-refractivity contribution is 9.10. The number of methoxy groups -OCH3 is 1.